The Labute approximate surface area is 74.4 Å². The summed E-state index contributed by atoms with van der Waals surface area (Å²) in [5.41, 5.74) is 3.36. The first kappa shape index (κ1) is 6.94. The minimum atomic E-state index is 0.929. The lowest BCUT2D eigenvalue weighted by Crippen LogP contribution is -2.17. The fourth-order valence-corrected chi connectivity index (χ4v) is 3.74. The van der Waals surface area contributed by atoms with Gasteiger partial charge in [0.15, 0.2) is 0 Å². The average molecular weight is 160 g/mol. The summed E-state index contributed by atoms with van der Waals surface area (Å²) in [6.07, 6.45) is 7.84. The first-order chi connectivity index (χ1) is 5.77. The van der Waals surface area contributed by atoms with E-state index in [9.17, 15) is 0 Å². The van der Waals surface area contributed by atoms with E-state index in [4.69, 9.17) is 0 Å². The van der Waals surface area contributed by atoms with Crippen molar-refractivity contribution >= 4 is 0 Å². The lowest BCUT2D eigenvalue weighted by atomic mass is 9.79. The summed E-state index contributed by atoms with van der Waals surface area (Å²) in [6, 6.07) is 0. The van der Waals surface area contributed by atoms with Crippen LogP contribution in [0.2, 0.25) is 0 Å². The highest BCUT2D eigenvalue weighted by atomic mass is 14.5. The second-order valence-electron chi connectivity index (χ2n) is 4.79. The number of hydrogen-bond acceptors (Lipinski definition) is 0. The van der Waals surface area contributed by atoms with Gasteiger partial charge >= 0.3 is 0 Å². The zero-order chi connectivity index (χ0) is 8.29. The lowest BCUT2D eigenvalue weighted by molar-refractivity contribution is 0.376. The van der Waals surface area contributed by atoms with Crippen LogP contribution in [-0.4, -0.2) is 0 Å². The molecule has 0 heteroatoms. The van der Waals surface area contributed by atoms with Gasteiger partial charge in [-0.05, 0) is 50.4 Å². The van der Waals surface area contributed by atoms with Crippen LogP contribution in [0.5, 0.6) is 0 Å². The molecule has 0 amide bonds. The van der Waals surface area contributed by atoms with Gasteiger partial charge < -0.3 is 0 Å². The molecule has 0 aromatic heterocycles. The van der Waals surface area contributed by atoms with E-state index in [1.807, 2.05) is 0 Å². The molecule has 4 atom stereocenters. The summed E-state index contributed by atoms with van der Waals surface area (Å²) in [6.45, 7) is 4.66. The number of allylic oxidation sites excluding steroid dienone is 4. The summed E-state index contributed by atoms with van der Waals surface area (Å²) in [4.78, 5) is 0. The van der Waals surface area contributed by atoms with E-state index in [-0.39, 0.29) is 0 Å². The van der Waals surface area contributed by atoms with Crippen LogP contribution in [-0.2, 0) is 0 Å². The Morgan fingerprint density at radius 3 is 2.92 bits per heavy atom. The quantitative estimate of drug-likeness (QED) is 0.477. The molecule has 0 unspecified atom stereocenters. The number of rotatable bonds is 0. The maximum absolute atomic E-state index is 2.54. The van der Waals surface area contributed by atoms with Crippen molar-refractivity contribution in [3.8, 4) is 0 Å². The first-order valence-corrected chi connectivity index (χ1v) is 5.12. The van der Waals surface area contributed by atoms with Crippen LogP contribution < -0.4 is 0 Å². The van der Waals surface area contributed by atoms with Crippen LogP contribution in [0.15, 0.2) is 23.3 Å². The minimum Gasteiger partial charge on any atom is -0.0850 e. The Bertz CT molecular complexity index is 282. The Balaban J connectivity index is 2.03. The predicted molar refractivity (Wildman–Crippen MR) is 50.7 cm³/mol. The van der Waals surface area contributed by atoms with Gasteiger partial charge in [-0.25, -0.2) is 0 Å². The van der Waals surface area contributed by atoms with Gasteiger partial charge in [-0.3, -0.25) is 0 Å². The normalized spacial score (nSPS) is 49.2. The van der Waals surface area contributed by atoms with Crippen LogP contribution in [0.4, 0.5) is 0 Å². The highest BCUT2D eigenvalue weighted by Gasteiger charge is 2.48. The molecular formula is C12H16. The third-order valence-corrected chi connectivity index (χ3v) is 4.27. The van der Waals surface area contributed by atoms with Crippen molar-refractivity contribution in [1.82, 2.24) is 0 Å². The second kappa shape index (κ2) is 2.04. The highest BCUT2D eigenvalue weighted by Crippen LogP contribution is 2.57. The van der Waals surface area contributed by atoms with Crippen molar-refractivity contribution in [3.05, 3.63) is 23.3 Å². The van der Waals surface area contributed by atoms with Crippen molar-refractivity contribution < 1.29 is 0 Å². The molecule has 0 radical (unpaired) electrons. The standard InChI is InChI=1S/C12H16/c1-7-3-4-10-9-5-8(2)11(6-9)12(7)10/h3,5,9-12H,4,6H2,1-2H3/t9-,10-,11-,12+/m1/s1. The summed E-state index contributed by atoms with van der Waals surface area (Å²) in [5, 5.41) is 0. The van der Waals surface area contributed by atoms with Gasteiger partial charge in [0, 0.05) is 0 Å². The van der Waals surface area contributed by atoms with Crippen LogP contribution in [0.1, 0.15) is 26.7 Å². The summed E-state index contributed by atoms with van der Waals surface area (Å²) in [7, 11) is 0. The monoisotopic (exact) mass is 160 g/mol. The molecule has 3 rings (SSSR count). The van der Waals surface area contributed by atoms with Crippen molar-refractivity contribution in [2.24, 2.45) is 23.7 Å². The van der Waals surface area contributed by atoms with Gasteiger partial charge in [0.1, 0.15) is 0 Å². The molecule has 0 aliphatic heterocycles. The Hall–Kier alpha value is -0.520. The molecule has 12 heavy (non-hydrogen) atoms. The second-order valence-corrected chi connectivity index (χ2v) is 4.79. The molecule has 0 saturated heterocycles. The van der Waals surface area contributed by atoms with E-state index in [0.29, 0.717) is 0 Å². The third-order valence-electron chi connectivity index (χ3n) is 4.27. The first-order valence-electron chi connectivity index (χ1n) is 5.12. The average Bonchev–Trinajstić information content (AvgIpc) is 2.62. The number of fused-ring (bicyclic) bond motifs is 5. The highest BCUT2D eigenvalue weighted by molar-refractivity contribution is 5.31. The SMILES string of the molecule is CC1=CC[C@H]2[C@H]1[C@@H]1C[C@H]2C=C1C. The molecule has 2 bridgehead atoms. The van der Waals surface area contributed by atoms with Gasteiger partial charge in [0.25, 0.3) is 0 Å². The van der Waals surface area contributed by atoms with E-state index in [0.717, 1.165) is 23.7 Å². The van der Waals surface area contributed by atoms with Gasteiger partial charge in [-0.2, -0.15) is 0 Å². The molecule has 0 nitrogen and oxygen atoms in total. The van der Waals surface area contributed by atoms with Gasteiger partial charge in [-0.15, -0.1) is 0 Å². The third kappa shape index (κ3) is 0.646. The van der Waals surface area contributed by atoms with E-state index in [1.54, 1.807) is 11.1 Å². The minimum absolute atomic E-state index is 0.929. The van der Waals surface area contributed by atoms with Crippen molar-refractivity contribution in [2.45, 2.75) is 26.7 Å². The van der Waals surface area contributed by atoms with Gasteiger partial charge in [-0.1, -0.05) is 23.3 Å². The molecule has 3 aliphatic carbocycles. The van der Waals surface area contributed by atoms with E-state index in [2.05, 4.69) is 26.0 Å². The van der Waals surface area contributed by atoms with Crippen molar-refractivity contribution in [2.75, 3.05) is 0 Å². The van der Waals surface area contributed by atoms with E-state index in [1.165, 1.54) is 12.8 Å². The van der Waals surface area contributed by atoms with Gasteiger partial charge in [0.2, 0.25) is 0 Å². The Morgan fingerprint density at radius 2 is 2.08 bits per heavy atom. The van der Waals surface area contributed by atoms with Gasteiger partial charge in [0.05, 0.1) is 0 Å². The molecular weight excluding hydrogens is 144 g/mol. The van der Waals surface area contributed by atoms with Crippen molar-refractivity contribution in [1.29, 1.82) is 0 Å². The van der Waals surface area contributed by atoms with E-state index >= 15 is 0 Å². The van der Waals surface area contributed by atoms with Crippen LogP contribution in [0, 0.1) is 23.7 Å². The summed E-state index contributed by atoms with van der Waals surface area (Å²) in [5.74, 6) is 3.81. The zero-order valence-corrected chi connectivity index (χ0v) is 7.88. The number of hydrogen-bond donors (Lipinski definition) is 0. The zero-order valence-electron chi connectivity index (χ0n) is 7.88. The van der Waals surface area contributed by atoms with Crippen molar-refractivity contribution in [3.63, 3.8) is 0 Å². The topological polar surface area (TPSA) is 0 Å². The van der Waals surface area contributed by atoms with Crippen LogP contribution >= 0.6 is 0 Å². The molecule has 1 fully saturated rings. The van der Waals surface area contributed by atoms with E-state index < -0.39 is 0 Å². The maximum Gasteiger partial charge on any atom is -0.0103 e. The maximum atomic E-state index is 2.54. The lowest BCUT2D eigenvalue weighted by Gasteiger charge is -2.25. The summed E-state index contributed by atoms with van der Waals surface area (Å²) < 4.78 is 0. The van der Waals surface area contributed by atoms with Crippen LogP contribution in [0.3, 0.4) is 0 Å². The molecule has 0 aromatic carbocycles. The van der Waals surface area contributed by atoms with Crippen LogP contribution in [0.25, 0.3) is 0 Å². The predicted octanol–water partition coefficient (Wildman–Crippen LogP) is 3.16. The molecule has 1 saturated carbocycles. The molecule has 3 aliphatic rings. The molecule has 64 valence electrons. The summed E-state index contributed by atoms with van der Waals surface area (Å²) >= 11 is 0. The Morgan fingerprint density at radius 1 is 1.25 bits per heavy atom. The fraction of sp³-hybridized carbons (Fsp3) is 0.667. The molecule has 0 spiro atoms. The Kier molecular flexibility index (Phi) is 1.18. The molecule has 0 heterocycles. The smallest absolute Gasteiger partial charge is 0.0103 e. The fourth-order valence-electron chi connectivity index (χ4n) is 3.74. The largest absolute Gasteiger partial charge is 0.0850 e. The molecule has 0 N–H and O–H groups in total. The molecule has 0 aromatic rings.